The molecule has 0 saturated heterocycles. The van der Waals surface area contributed by atoms with Crippen molar-refractivity contribution in [2.75, 3.05) is 5.73 Å². The third-order valence-corrected chi connectivity index (χ3v) is 3.31. The van der Waals surface area contributed by atoms with Crippen molar-refractivity contribution in [1.29, 1.82) is 0 Å². The van der Waals surface area contributed by atoms with E-state index in [2.05, 4.69) is 5.43 Å². The minimum absolute atomic E-state index is 0.312. The van der Waals surface area contributed by atoms with Crippen molar-refractivity contribution in [2.45, 2.75) is 13.0 Å². The van der Waals surface area contributed by atoms with Gasteiger partial charge >= 0.3 is 0 Å². The van der Waals surface area contributed by atoms with Gasteiger partial charge in [0.1, 0.15) is 5.82 Å². The molecule has 5 heteroatoms. The minimum Gasteiger partial charge on any atom is -0.398 e. The van der Waals surface area contributed by atoms with E-state index in [0.717, 1.165) is 16.7 Å². The molecule has 100 valence electrons. The molecule has 0 amide bonds. The van der Waals surface area contributed by atoms with Crippen LogP contribution in [-0.2, 0) is 0 Å². The van der Waals surface area contributed by atoms with Crippen LogP contribution in [0.15, 0.2) is 36.4 Å². The number of halogens is 2. The molecule has 0 aliphatic rings. The maximum absolute atomic E-state index is 13.4. The van der Waals surface area contributed by atoms with Crippen LogP contribution >= 0.6 is 11.6 Å². The number of anilines is 1. The molecule has 0 bridgehead atoms. The molecule has 2 aromatic rings. The summed E-state index contributed by atoms with van der Waals surface area (Å²) < 4.78 is 13.4. The van der Waals surface area contributed by atoms with E-state index in [9.17, 15) is 4.39 Å². The van der Waals surface area contributed by atoms with Gasteiger partial charge in [0.15, 0.2) is 0 Å². The van der Waals surface area contributed by atoms with Gasteiger partial charge in [-0.25, -0.2) is 9.82 Å². The van der Waals surface area contributed by atoms with E-state index in [1.165, 1.54) is 12.1 Å². The highest BCUT2D eigenvalue weighted by Crippen LogP contribution is 2.30. The fourth-order valence-electron chi connectivity index (χ4n) is 2.08. The van der Waals surface area contributed by atoms with Gasteiger partial charge in [0.25, 0.3) is 0 Å². The molecule has 1 unspecified atom stereocenters. The molecule has 0 fully saturated rings. The maximum Gasteiger partial charge on any atom is 0.123 e. The summed E-state index contributed by atoms with van der Waals surface area (Å²) in [5.74, 6) is 5.29. The van der Waals surface area contributed by atoms with Gasteiger partial charge in [-0.2, -0.15) is 0 Å². The molecule has 0 saturated carbocycles. The minimum atomic E-state index is -0.382. The van der Waals surface area contributed by atoms with E-state index >= 15 is 0 Å². The van der Waals surface area contributed by atoms with Crippen LogP contribution in [0.25, 0.3) is 0 Å². The van der Waals surface area contributed by atoms with Crippen molar-refractivity contribution in [3.63, 3.8) is 0 Å². The molecule has 5 N–H and O–H groups in total. The number of nitrogens with two attached hydrogens (primary N) is 2. The largest absolute Gasteiger partial charge is 0.398 e. The molecule has 0 radical (unpaired) electrons. The van der Waals surface area contributed by atoms with E-state index in [1.807, 2.05) is 6.92 Å². The number of hydrogen-bond donors (Lipinski definition) is 3. The van der Waals surface area contributed by atoms with Crippen LogP contribution in [0.4, 0.5) is 10.1 Å². The Morgan fingerprint density at radius 2 is 1.89 bits per heavy atom. The molecule has 1 atom stereocenters. The molecule has 0 aliphatic carbocycles. The lowest BCUT2D eigenvalue weighted by molar-refractivity contribution is 0.603. The second kappa shape index (κ2) is 5.57. The van der Waals surface area contributed by atoms with Gasteiger partial charge in [0, 0.05) is 10.7 Å². The first-order valence-corrected chi connectivity index (χ1v) is 6.18. The van der Waals surface area contributed by atoms with Crippen LogP contribution in [0.5, 0.6) is 0 Å². The van der Waals surface area contributed by atoms with Gasteiger partial charge in [-0.05, 0) is 47.9 Å². The number of rotatable bonds is 3. The highest BCUT2D eigenvalue weighted by Gasteiger charge is 2.18. The summed E-state index contributed by atoms with van der Waals surface area (Å²) in [6.45, 7) is 1.89. The van der Waals surface area contributed by atoms with E-state index in [4.69, 9.17) is 23.2 Å². The van der Waals surface area contributed by atoms with Crippen molar-refractivity contribution in [3.8, 4) is 0 Å². The first kappa shape index (κ1) is 13.8. The standard InChI is InChI=1S/C14H15ClFN3/c1-8-2-4-10(16)7-12(8)14(19-18)11-5-3-9(15)6-13(11)17/h2-7,14,19H,17-18H2,1H3. The molecule has 3 nitrogen and oxygen atoms in total. The lowest BCUT2D eigenvalue weighted by Gasteiger charge is -2.21. The quantitative estimate of drug-likeness (QED) is 0.460. The number of hydrogen-bond acceptors (Lipinski definition) is 3. The normalized spacial score (nSPS) is 12.4. The molecule has 0 heterocycles. The van der Waals surface area contributed by atoms with Crippen LogP contribution in [0.1, 0.15) is 22.7 Å². The molecule has 2 aromatic carbocycles. The lowest BCUT2D eigenvalue weighted by atomic mass is 9.94. The van der Waals surface area contributed by atoms with Crippen LogP contribution in [0.2, 0.25) is 5.02 Å². The Morgan fingerprint density at radius 1 is 1.16 bits per heavy atom. The summed E-state index contributed by atoms with van der Waals surface area (Å²) in [6, 6.07) is 9.36. The number of hydrazine groups is 1. The Balaban J connectivity index is 2.52. The summed E-state index contributed by atoms with van der Waals surface area (Å²) in [6.07, 6.45) is 0. The Bertz CT molecular complexity index is 601. The van der Waals surface area contributed by atoms with E-state index in [1.54, 1.807) is 24.3 Å². The monoisotopic (exact) mass is 279 g/mol. The second-order valence-corrected chi connectivity index (χ2v) is 4.81. The molecule has 19 heavy (non-hydrogen) atoms. The first-order chi connectivity index (χ1) is 9.02. The number of aryl methyl sites for hydroxylation is 1. The molecule has 0 aliphatic heterocycles. The predicted octanol–water partition coefficient (Wildman–Crippen LogP) is 2.92. The fraction of sp³-hybridized carbons (Fsp3) is 0.143. The summed E-state index contributed by atoms with van der Waals surface area (Å²) in [4.78, 5) is 0. The zero-order valence-corrected chi connectivity index (χ0v) is 11.2. The van der Waals surface area contributed by atoms with Crippen molar-refractivity contribution >= 4 is 17.3 Å². The van der Waals surface area contributed by atoms with Gasteiger partial charge in [-0.15, -0.1) is 0 Å². The SMILES string of the molecule is Cc1ccc(F)cc1C(NN)c1ccc(Cl)cc1N. The summed E-state index contributed by atoms with van der Waals surface area (Å²) in [5, 5.41) is 0.549. The molecule has 0 aromatic heterocycles. The van der Waals surface area contributed by atoms with E-state index in [-0.39, 0.29) is 11.9 Å². The van der Waals surface area contributed by atoms with Crippen LogP contribution in [0, 0.1) is 12.7 Å². The average Bonchev–Trinajstić information content (AvgIpc) is 2.36. The smallest absolute Gasteiger partial charge is 0.123 e. The lowest BCUT2D eigenvalue weighted by Crippen LogP contribution is -2.30. The molecular weight excluding hydrogens is 265 g/mol. The second-order valence-electron chi connectivity index (χ2n) is 4.37. The highest BCUT2D eigenvalue weighted by atomic mass is 35.5. The van der Waals surface area contributed by atoms with Gasteiger partial charge < -0.3 is 5.73 Å². The van der Waals surface area contributed by atoms with Crippen molar-refractivity contribution < 1.29 is 4.39 Å². The van der Waals surface area contributed by atoms with Gasteiger partial charge in [-0.3, -0.25) is 5.84 Å². The zero-order valence-electron chi connectivity index (χ0n) is 10.5. The van der Waals surface area contributed by atoms with Crippen molar-refractivity contribution in [1.82, 2.24) is 5.43 Å². The van der Waals surface area contributed by atoms with E-state index in [0.29, 0.717) is 10.7 Å². The topological polar surface area (TPSA) is 64.1 Å². The maximum atomic E-state index is 13.4. The van der Waals surface area contributed by atoms with Crippen molar-refractivity contribution in [2.24, 2.45) is 5.84 Å². The van der Waals surface area contributed by atoms with Crippen molar-refractivity contribution in [3.05, 3.63) is 63.9 Å². The van der Waals surface area contributed by atoms with Gasteiger partial charge in [0.2, 0.25) is 0 Å². The third kappa shape index (κ3) is 2.87. The number of nitrogen functional groups attached to an aromatic ring is 1. The Labute approximate surface area is 116 Å². The Kier molecular flexibility index (Phi) is 4.04. The van der Waals surface area contributed by atoms with Crippen LogP contribution < -0.4 is 17.0 Å². The molecule has 2 rings (SSSR count). The highest BCUT2D eigenvalue weighted by molar-refractivity contribution is 6.30. The summed E-state index contributed by atoms with van der Waals surface area (Å²) in [7, 11) is 0. The first-order valence-electron chi connectivity index (χ1n) is 5.80. The molecule has 0 spiro atoms. The Morgan fingerprint density at radius 3 is 2.53 bits per heavy atom. The average molecular weight is 280 g/mol. The van der Waals surface area contributed by atoms with Gasteiger partial charge in [-0.1, -0.05) is 23.7 Å². The van der Waals surface area contributed by atoms with E-state index < -0.39 is 0 Å². The fourth-order valence-corrected chi connectivity index (χ4v) is 2.26. The summed E-state index contributed by atoms with van der Waals surface area (Å²) >= 11 is 5.88. The number of benzene rings is 2. The van der Waals surface area contributed by atoms with Crippen LogP contribution in [0.3, 0.4) is 0 Å². The zero-order chi connectivity index (χ0) is 14.0. The Hall–Kier alpha value is -1.62. The molecular formula is C14H15ClFN3. The number of nitrogens with one attached hydrogen (secondary N) is 1. The van der Waals surface area contributed by atoms with Gasteiger partial charge in [0.05, 0.1) is 6.04 Å². The summed E-state index contributed by atoms with van der Waals surface area (Å²) in [5.41, 5.74) is 11.6. The van der Waals surface area contributed by atoms with Crippen LogP contribution in [-0.4, -0.2) is 0 Å². The third-order valence-electron chi connectivity index (χ3n) is 3.08. The predicted molar refractivity (Wildman–Crippen MR) is 76.2 cm³/mol.